The highest BCUT2D eigenvalue weighted by Gasteiger charge is 2.22. The molecule has 0 aliphatic carbocycles. The third-order valence-corrected chi connectivity index (χ3v) is 1.93. The van der Waals surface area contributed by atoms with E-state index in [2.05, 4.69) is 4.98 Å². The lowest BCUT2D eigenvalue weighted by molar-refractivity contribution is 1.17. The zero-order valence-corrected chi connectivity index (χ0v) is 10.2. The quantitative estimate of drug-likeness (QED) is 0.491. The molecule has 74 valence electrons. The molecule has 1 aromatic heterocycles. The highest BCUT2D eigenvalue weighted by molar-refractivity contribution is 6.66. The molecule has 0 amide bonds. The average molecular weight is 261 g/mol. The van der Waals surface area contributed by atoms with Crippen LogP contribution in [0.1, 0.15) is 19.4 Å². The van der Waals surface area contributed by atoms with Gasteiger partial charge in [-0.15, -0.1) is 0 Å². The smallest absolute Gasteiger partial charge is 0.217 e. The number of alkyl halides is 3. The normalized spacial score (nSPS) is 10.3. The van der Waals surface area contributed by atoms with Crippen molar-refractivity contribution in [2.45, 2.75) is 17.6 Å². The first-order valence-corrected chi connectivity index (χ1v) is 5.20. The molecule has 0 saturated carbocycles. The third kappa shape index (κ3) is 4.92. The Bertz CT molecular complexity index is 239. The summed E-state index contributed by atoms with van der Waals surface area (Å²) in [4.78, 5) is 3.76. The van der Waals surface area contributed by atoms with Crippen molar-refractivity contribution in [2.75, 3.05) is 0 Å². The van der Waals surface area contributed by atoms with Crippen molar-refractivity contribution >= 4 is 46.4 Å². The van der Waals surface area contributed by atoms with Crippen LogP contribution in [0.25, 0.3) is 0 Å². The van der Waals surface area contributed by atoms with E-state index in [0.29, 0.717) is 10.7 Å². The molecule has 0 N–H and O–H groups in total. The molecular formula is C8H9Cl4N. The Balaban J connectivity index is 0.000000671. The van der Waals surface area contributed by atoms with Crippen LogP contribution in [-0.4, -0.2) is 4.98 Å². The van der Waals surface area contributed by atoms with Crippen LogP contribution in [0.5, 0.6) is 0 Å². The van der Waals surface area contributed by atoms with Gasteiger partial charge in [0, 0.05) is 11.8 Å². The minimum Gasteiger partial charge on any atom is -0.244 e. The summed E-state index contributed by atoms with van der Waals surface area (Å²) in [6.45, 7) is 4.00. The van der Waals surface area contributed by atoms with E-state index in [9.17, 15) is 0 Å². The first kappa shape index (κ1) is 13.3. The maximum absolute atomic E-state index is 5.56. The fourth-order valence-electron chi connectivity index (χ4n) is 0.544. The Labute approximate surface area is 98.0 Å². The summed E-state index contributed by atoms with van der Waals surface area (Å²) in [6, 6.07) is 3.18. The standard InChI is InChI=1S/C6H3Cl4N.C2H6/c7-5-2-1-4(3-11-5)6(8,9)10;1-2/h1-3H;1-2H3. The highest BCUT2D eigenvalue weighted by atomic mass is 35.6. The Morgan fingerprint density at radius 3 is 2.00 bits per heavy atom. The Morgan fingerprint density at radius 2 is 1.69 bits per heavy atom. The van der Waals surface area contributed by atoms with E-state index in [4.69, 9.17) is 46.4 Å². The van der Waals surface area contributed by atoms with Crippen molar-refractivity contribution in [3.8, 4) is 0 Å². The zero-order chi connectivity index (χ0) is 10.5. The molecule has 1 nitrogen and oxygen atoms in total. The second kappa shape index (κ2) is 5.92. The van der Waals surface area contributed by atoms with Crippen molar-refractivity contribution in [1.29, 1.82) is 0 Å². The number of hydrogen-bond donors (Lipinski definition) is 0. The molecule has 0 radical (unpaired) electrons. The number of pyridine rings is 1. The molecule has 0 saturated heterocycles. The van der Waals surface area contributed by atoms with Crippen LogP contribution in [0.4, 0.5) is 0 Å². The highest BCUT2D eigenvalue weighted by Crippen LogP contribution is 2.37. The lowest BCUT2D eigenvalue weighted by Crippen LogP contribution is -1.99. The van der Waals surface area contributed by atoms with E-state index in [1.165, 1.54) is 6.20 Å². The van der Waals surface area contributed by atoms with E-state index in [1.807, 2.05) is 13.8 Å². The molecule has 0 aliphatic rings. The largest absolute Gasteiger partial charge is 0.244 e. The summed E-state index contributed by atoms with van der Waals surface area (Å²) < 4.78 is -1.42. The van der Waals surface area contributed by atoms with Gasteiger partial charge in [0.2, 0.25) is 3.79 Å². The Hall–Kier alpha value is 0.310. The number of halogens is 4. The van der Waals surface area contributed by atoms with Gasteiger partial charge in [0.1, 0.15) is 5.15 Å². The van der Waals surface area contributed by atoms with Crippen LogP contribution in [0.2, 0.25) is 5.15 Å². The van der Waals surface area contributed by atoms with Gasteiger partial charge < -0.3 is 0 Å². The van der Waals surface area contributed by atoms with E-state index < -0.39 is 3.79 Å². The predicted molar refractivity (Wildman–Crippen MR) is 59.8 cm³/mol. The molecule has 0 spiro atoms. The van der Waals surface area contributed by atoms with Crippen LogP contribution >= 0.6 is 46.4 Å². The van der Waals surface area contributed by atoms with Gasteiger partial charge in [0.25, 0.3) is 0 Å². The van der Waals surface area contributed by atoms with Gasteiger partial charge in [-0.1, -0.05) is 66.3 Å². The van der Waals surface area contributed by atoms with E-state index in [0.717, 1.165) is 0 Å². The van der Waals surface area contributed by atoms with E-state index >= 15 is 0 Å². The van der Waals surface area contributed by atoms with Gasteiger partial charge >= 0.3 is 0 Å². The molecule has 13 heavy (non-hydrogen) atoms. The molecule has 0 atom stereocenters. The van der Waals surface area contributed by atoms with Gasteiger partial charge in [-0.05, 0) is 6.07 Å². The molecule has 1 heterocycles. The molecule has 5 heteroatoms. The first-order chi connectivity index (χ1) is 6.00. The Kier molecular flexibility index (Phi) is 6.06. The monoisotopic (exact) mass is 259 g/mol. The minimum atomic E-state index is -1.42. The fourth-order valence-corrected chi connectivity index (χ4v) is 0.991. The van der Waals surface area contributed by atoms with E-state index in [1.54, 1.807) is 12.1 Å². The van der Waals surface area contributed by atoms with Gasteiger partial charge in [-0.2, -0.15) is 0 Å². The summed E-state index contributed by atoms with van der Waals surface area (Å²) in [5.74, 6) is 0. The van der Waals surface area contributed by atoms with Crippen LogP contribution in [0, 0.1) is 0 Å². The number of hydrogen-bond acceptors (Lipinski definition) is 1. The van der Waals surface area contributed by atoms with Gasteiger partial charge in [-0.3, -0.25) is 0 Å². The topological polar surface area (TPSA) is 12.9 Å². The molecular weight excluding hydrogens is 252 g/mol. The first-order valence-electron chi connectivity index (χ1n) is 3.69. The fraction of sp³-hybridized carbons (Fsp3) is 0.375. The van der Waals surface area contributed by atoms with Crippen molar-refractivity contribution in [3.63, 3.8) is 0 Å². The van der Waals surface area contributed by atoms with Crippen molar-refractivity contribution in [1.82, 2.24) is 4.98 Å². The predicted octanol–water partition coefficient (Wildman–Crippen LogP) is 4.59. The molecule has 0 bridgehead atoms. The summed E-state index contributed by atoms with van der Waals surface area (Å²) in [7, 11) is 0. The Morgan fingerprint density at radius 1 is 1.15 bits per heavy atom. The van der Waals surface area contributed by atoms with Gasteiger partial charge in [0.15, 0.2) is 0 Å². The van der Waals surface area contributed by atoms with Crippen LogP contribution in [0.3, 0.4) is 0 Å². The number of nitrogens with zero attached hydrogens (tertiary/aromatic N) is 1. The van der Waals surface area contributed by atoms with Crippen LogP contribution < -0.4 is 0 Å². The average Bonchev–Trinajstić information content (AvgIpc) is 2.07. The summed E-state index contributed by atoms with van der Waals surface area (Å²) in [6.07, 6.45) is 1.43. The van der Waals surface area contributed by atoms with Crippen molar-refractivity contribution in [2.24, 2.45) is 0 Å². The van der Waals surface area contributed by atoms with E-state index in [-0.39, 0.29) is 0 Å². The van der Waals surface area contributed by atoms with Gasteiger partial charge in [-0.25, -0.2) is 4.98 Å². The zero-order valence-electron chi connectivity index (χ0n) is 7.19. The molecule has 0 fully saturated rings. The number of aromatic nitrogens is 1. The lowest BCUT2D eigenvalue weighted by Gasteiger charge is -2.09. The summed E-state index contributed by atoms with van der Waals surface area (Å²) >= 11 is 22.2. The van der Waals surface area contributed by atoms with Gasteiger partial charge in [0.05, 0.1) is 0 Å². The molecule has 0 unspecified atom stereocenters. The number of rotatable bonds is 0. The van der Waals surface area contributed by atoms with Crippen molar-refractivity contribution < 1.29 is 0 Å². The second-order valence-corrected chi connectivity index (χ2v) is 4.54. The maximum Gasteiger partial charge on any atom is 0.217 e. The maximum atomic E-state index is 5.56. The van der Waals surface area contributed by atoms with Crippen LogP contribution in [-0.2, 0) is 3.79 Å². The lowest BCUT2D eigenvalue weighted by atomic mass is 10.3. The van der Waals surface area contributed by atoms with Crippen LogP contribution in [0.15, 0.2) is 18.3 Å². The molecule has 0 aromatic carbocycles. The minimum absolute atomic E-state index is 0.378. The molecule has 0 aliphatic heterocycles. The SMILES string of the molecule is CC.Clc1ccc(C(Cl)(Cl)Cl)cn1. The summed E-state index contributed by atoms with van der Waals surface area (Å²) in [5.41, 5.74) is 0.506. The molecule has 1 rings (SSSR count). The summed E-state index contributed by atoms with van der Waals surface area (Å²) in [5, 5.41) is 0.378. The second-order valence-electron chi connectivity index (χ2n) is 1.87. The van der Waals surface area contributed by atoms with Crippen molar-refractivity contribution in [3.05, 3.63) is 29.0 Å². The third-order valence-electron chi connectivity index (χ3n) is 1.05. The molecule has 1 aromatic rings.